The van der Waals surface area contributed by atoms with E-state index in [1.807, 2.05) is 13.0 Å². The van der Waals surface area contributed by atoms with Gasteiger partial charge >= 0.3 is 0 Å². The predicted octanol–water partition coefficient (Wildman–Crippen LogP) is 3.88. The Balaban J connectivity index is 2.15. The second kappa shape index (κ2) is 8.45. The molecule has 1 saturated carbocycles. The van der Waals surface area contributed by atoms with Crippen LogP contribution in [0, 0.1) is 18.3 Å². The van der Waals surface area contributed by atoms with E-state index in [1.165, 1.54) is 32.1 Å². The predicted molar refractivity (Wildman–Crippen MR) is 103 cm³/mol. The minimum Gasteiger partial charge on any atom is -0.368 e. The zero-order chi connectivity index (χ0) is 18.4. The maximum Gasteiger partial charge on any atom is 0.247 e. The molecule has 138 valence electrons. The molecule has 1 heterocycles. The lowest BCUT2D eigenvalue weighted by Crippen LogP contribution is -2.38. The summed E-state index contributed by atoms with van der Waals surface area (Å²) in [7, 11) is 0. The summed E-state index contributed by atoms with van der Waals surface area (Å²) in [6.07, 6.45) is 10.8. The van der Waals surface area contributed by atoms with E-state index in [1.54, 1.807) is 6.20 Å². The van der Waals surface area contributed by atoms with Gasteiger partial charge in [0.15, 0.2) is 0 Å². The van der Waals surface area contributed by atoms with E-state index < -0.39 is 0 Å². The van der Waals surface area contributed by atoms with Crippen LogP contribution in [-0.4, -0.2) is 22.4 Å². The van der Waals surface area contributed by atoms with Gasteiger partial charge in [-0.05, 0) is 43.6 Å². The van der Waals surface area contributed by atoms with Crippen LogP contribution < -0.4 is 11.1 Å². The average molecular weight is 345 g/mol. The van der Waals surface area contributed by atoms with E-state index in [2.05, 4.69) is 36.1 Å². The largest absolute Gasteiger partial charge is 0.368 e. The van der Waals surface area contributed by atoms with Gasteiger partial charge in [0.1, 0.15) is 0 Å². The lowest BCUT2D eigenvalue weighted by molar-refractivity contribution is -0.118. The number of hydrogen-bond donors (Lipinski definition) is 2. The van der Waals surface area contributed by atoms with Crippen molar-refractivity contribution in [3.8, 4) is 0 Å². The zero-order valence-electron chi connectivity index (χ0n) is 16.1. The highest BCUT2D eigenvalue weighted by Gasteiger charge is 2.28. The van der Waals surface area contributed by atoms with E-state index in [0.717, 1.165) is 29.8 Å². The standard InChI is InChI=1S/C20H32N4O/c1-5-14(2)17(11-16-12-22-19(21)24-15(16)3)18(25)23-13-20(4)9-7-6-8-10-20/h11-12,14H,5-10,13H2,1-4H3,(H,23,25)(H2,21,22,24)/b17-11+. The Bertz CT molecular complexity index is 633. The van der Waals surface area contributed by atoms with Crippen LogP contribution in [0.3, 0.4) is 0 Å². The van der Waals surface area contributed by atoms with Gasteiger partial charge in [0.2, 0.25) is 11.9 Å². The molecule has 2 rings (SSSR count). The molecule has 0 radical (unpaired) electrons. The highest BCUT2D eigenvalue weighted by Crippen LogP contribution is 2.35. The molecule has 0 aliphatic heterocycles. The summed E-state index contributed by atoms with van der Waals surface area (Å²) in [5.74, 6) is 0.461. The van der Waals surface area contributed by atoms with Crippen LogP contribution in [0.15, 0.2) is 11.8 Å². The van der Waals surface area contributed by atoms with Crippen molar-refractivity contribution in [3.63, 3.8) is 0 Å². The Hall–Kier alpha value is -1.91. The van der Waals surface area contributed by atoms with Gasteiger partial charge in [0.25, 0.3) is 0 Å². The number of nitrogens with one attached hydrogen (secondary N) is 1. The first kappa shape index (κ1) is 19.4. The number of nitrogens with two attached hydrogens (primary N) is 1. The van der Waals surface area contributed by atoms with Crippen LogP contribution in [0.1, 0.15) is 70.6 Å². The van der Waals surface area contributed by atoms with Crippen molar-refractivity contribution >= 4 is 17.9 Å². The van der Waals surface area contributed by atoms with Crippen molar-refractivity contribution in [1.82, 2.24) is 15.3 Å². The Morgan fingerprint density at radius 2 is 2.08 bits per heavy atom. The van der Waals surface area contributed by atoms with Crippen molar-refractivity contribution in [2.75, 3.05) is 12.3 Å². The van der Waals surface area contributed by atoms with E-state index in [-0.39, 0.29) is 23.2 Å². The number of amides is 1. The molecule has 1 atom stereocenters. The van der Waals surface area contributed by atoms with Crippen LogP contribution in [0.4, 0.5) is 5.95 Å². The summed E-state index contributed by atoms with van der Waals surface area (Å²) in [5, 5.41) is 3.19. The van der Waals surface area contributed by atoms with Gasteiger partial charge in [-0.25, -0.2) is 9.97 Å². The van der Waals surface area contributed by atoms with Crippen molar-refractivity contribution in [2.24, 2.45) is 11.3 Å². The Morgan fingerprint density at radius 1 is 1.40 bits per heavy atom. The monoisotopic (exact) mass is 344 g/mol. The number of carbonyl (C=O) groups excluding carboxylic acids is 1. The molecule has 1 fully saturated rings. The quantitative estimate of drug-likeness (QED) is 0.767. The summed E-state index contributed by atoms with van der Waals surface area (Å²) in [5.41, 5.74) is 8.29. The van der Waals surface area contributed by atoms with E-state index in [9.17, 15) is 4.79 Å². The molecule has 1 aliphatic carbocycles. The number of carbonyl (C=O) groups is 1. The lowest BCUT2D eigenvalue weighted by atomic mass is 9.75. The second-order valence-corrected chi connectivity index (χ2v) is 7.73. The SMILES string of the molecule is CCC(C)/C(=C\c1cnc(N)nc1C)C(=O)NCC1(C)CCCCC1. The molecule has 0 saturated heterocycles. The van der Waals surface area contributed by atoms with Gasteiger partial charge in [-0.3, -0.25) is 4.79 Å². The van der Waals surface area contributed by atoms with Gasteiger partial charge in [-0.2, -0.15) is 0 Å². The summed E-state index contributed by atoms with van der Waals surface area (Å²) in [6, 6.07) is 0. The second-order valence-electron chi connectivity index (χ2n) is 7.73. The molecule has 1 aliphatic rings. The fraction of sp³-hybridized carbons (Fsp3) is 0.650. The summed E-state index contributed by atoms with van der Waals surface area (Å²) in [6.45, 7) is 9.11. The fourth-order valence-electron chi connectivity index (χ4n) is 3.43. The Labute approximate surface area is 151 Å². The molecule has 0 bridgehead atoms. The van der Waals surface area contributed by atoms with Gasteiger partial charge in [-0.1, -0.05) is 40.0 Å². The van der Waals surface area contributed by atoms with Gasteiger partial charge in [0.05, 0.1) is 5.69 Å². The summed E-state index contributed by atoms with van der Waals surface area (Å²) in [4.78, 5) is 21.1. The van der Waals surface area contributed by atoms with Crippen molar-refractivity contribution in [2.45, 2.75) is 66.2 Å². The first-order valence-electron chi connectivity index (χ1n) is 9.43. The Kier molecular flexibility index (Phi) is 6.57. The first-order valence-corrected chi connectivity index (χ1v) is 9.43. The zero-order valence-corrected chi connectivity index (χ0v) is 16.1. The van der Waals surface area contributed by atoms with Gasteiger partial charge in [0, 0.05) is 23.9 Å². The van der Waals surface area contributed by atoms with Crippen LogP contribution >= 0.6 is 0 Å². The molecule has 25 heavy (non-hydrogen) atoms. The molecule has 3 N–H and O–H groups in total. The maximum atomic E-state index is 12.9. The third kappa shape index (κ3) is 5.28. The molecule has 5 heteroatoms. The number of aryl methyl sites for hydroxylation is 1. The summed E-state index contributed by atoms with van der Waals surface area (Å²) < 4.78 is 0. The highest BCUT2D eigenvalue weighted by molar-refractivity contribution is 5.98. The number of aromatic nitrogens is 2. The topological polar surface area (TPSA) is 80.9 Å². The normalized spacial score (nSPS) is 18.6. The molecule has 1 aromatic heterocycles. The summed E-state index contributed by atoms with van der Waals surface area (Å²) >= 11 is 0. The molecule has 5 nitrogen and oxygen atoms in total. The molecule has 1 unspecified atom stereocenters. The van der Waals surface area contributed by atoms with Crippen molar-refractivity contribution < 1.29 is 4.79 Å². The third-order valence-corrected chi connectivity index (χ3v) is 5.49. The molecular weight excluding hydrogens is 312 g/mol. The number of nitrogens with zero attached hydrogens (tertiary/aromatic N) is 2. The van der Waals surface area contributed by atoms with E-state index in [0.29, 0.717) is 0 Å². The first-order chi connectivity index (χ1) is 11.8. The van der Waals surface area contributed by atoms with Gasteiger partial charge < -0.3 is 11.1 Å². The van der Waals surface area contributed by atoms with Crippen LogP contribution in [0.5, 0.6) is 0 Å². The van der Waals surface area contributed by atoms with Gasteiger partial charge in [-0.15, -0.1) is 0 Å². The maximum absolute atomic E-state index is 12.9. The minimum atomic E-state index is 0.0253. The molecule has 1 aromatic rings. The lowest BCUT2D eigenvalue weighted by Gasteiger charge is -2.34. The fourth-order valence-corrected chi connectivity index (χ4v) is 3.43. The van der Waals surface area contributed by atoms with Crippen molar-refractivity contribution in [1.29, 1.82) is 0 Å². The van der Waals surface area contributed by atoms with E-state index in [4.69, 9.17) is 5.73 Å². The number of nitrogen functional groups attached to an aromatic ring is 1. The molecule has 1 amide bonds. The molecular formula is C20H32N4O. The smallest absolute Gasteiger partial charge is 0.247 e. The van der Waals surface area contributed by atoms with Crippen molar-refractivity contribution in [3.05, 3.63) is 23.0 Å². The number of rotatable bonds is 6. The number of anilines is 1. The molecule has 0 aromatic carbocycles. The average Bonchev–Trinajstić information content (AvgIpc) is 2.59. The Morgan fingerprint density at radius 3 is 2.68 bits per heavy atom. The van der Waals surface area contributed by atoms with Crippen LogP contribution in [0.25, 0.3) is 6.08 Å². The van der Waals surface area contributed by atoms with Crippen LogP contribution in [-0.2, 0) is 4.79 Å². The third-order valence-electron chi connectivity index (χ3n) is 5.49. The number of hydrogen-bond acceptors (Lipinski definition) is 4. The van der Waals surface area contributed by atoms with E-state index >= 15 is 0 Å². The minimum absolute atomic E-state index is 0.0253. The highest BCUT2D eigenvalue weighted by atomic mass is 16.1. The van der Waals surface area contributed by atoms with Crippen LogP contribution in [0.2, 0.25) is 0 Å². The molecule has 0 spiro atoms.